The standard InChI is InChI=1S/C27H19NO6/c1-2-5-17-14-24(29)34-23-15-19(12-13-20(17)23)33-27(32)16-8-10-18(11-9-16)28-25(30)21-6-3-4-7-22(21)26(28)31/h3-4,6-15H,2,5H2,1H3. The number of carbonyl (C=O) groups is 3. The molecule has 4 aromatic rings. The average molecular weight is 453 g/mol. The molecule has 168 valence electrons. The van der Waals surface area contributed by atoms with Crippen LogP contribution in [0, 0.1) is 0 Å². The van der Waals surface area contributed by atoms with Crippen molar-refractivity contribution in [3.05, 3.63) is 105 Å². The van der Waals surface area contributed by atoms with Crippen LogP contribution in [0.15, 0.2) is 82.0 Å². The lowest BCUT2D eigenvalue weighted by molar-refractivity contribution is 0.0734. The number of ether oxygens (including phenoxy) is 1. The van der Waals surface area contributed by atoms with Gasteiger partial charge in [0.05, 0.1) is 22.4 Å². The molecule has 1 aliphatic rings. The van der Waals surface area contributed by atoms with Crippen molar-refractivity contribution in [1.82, 2.24) is 0 Å². The monoisotopic (exact) mass is 453 g/mol. The van der Waals surface area contributed by atoms with Crippen molar-refractivity contribution in [3.8, 4) is 5.75 Å². The molecule has 0 unspecified atom stereocenters. The van der Waals surface area contributed by atoms with Crippen LogP contribution in [0.3, 0.4) is 0 Å². The molecule has 0 aliphatic carbocycles. The fourth-order valence-corrected chi connectivity index (χ4v) is 4.09. The number of anilines is 1. The molecule has 7 nitrogen and oxygen atoms in total. The third-order valence-electron chi connectivity index (χ3n) is 5.69. The molecule has 0 fully saturated rings. The Bertz CT molecular complexity index is 1480. The van der Waals surface area contributed by atoms with Crippen molar-refractivity contribution in [2.75, 3.05) is 4.90 Å². The van der Waals surface area contributed by atoms with Crippen molar-refractivity contribution in [1.29, 1.82) is 0 Å². The number of aryl methyl sites for hydroxylation is 1. The second-order valence-corrected chi connectivity index (χ2v) is 7.93. The second-order valence-electron chi connectivity index (χ2n) is 7.93. The third kappa shape index (κ3) is 3.67. The maximum atomic E-state index is 12.7. The molecule has 0 radical (unpaired) electrons. The molecule has 7 heteroatoms. The molecular weight excluding hydrogens is 434 g/mol. The van der Waals surface area contributed by atoms with Gasteiger partial charge in [-0.2, -0.15) is 0 Å². The minimum Gasteiger partial charge on any atom is -0.423 e. The van der Waals surface area contributed by atoms with E-state index in [1.165, 1.54) is 36.4 Å². The Morgan fingerprint density at radius 3 is 2.21 bits per heavy atom. The summed E-state index contributed by atoms with van der Waals surface area (Å²) in [5.41, 5.74) is 2.07. The van der Waals surface area contributed by atoms with Crippen LogP contribution in [-0.2, 0) is 6.42 Å². The van der Waals surface area contributed by atoms with E-state index in [4.69, 9.17) is 9.15 Å². The Morgan fingerprint density at radius 1 is 0.882 bits per heavy atom. The van der Waals surface area contributed by atoms with Crippen LogP contribution in [0.5, 0.6) is 5.75 Å². The van der Waals surface area contributed by atoms with Crippen LogP contribution in [0.1, 0.15) is 50.0 Å². The van der Waals surface area contributed by atoms with Crippen molar-refractivity contribution in [2.45, 2.75) is 19.8 Å². The number of amides is 2. The zero-order chi connectivity index (χ0) is 23.8. The summed E-state index contributed by atoms with van der Waals surface area (Å²) < 4.78 is 10.7. The smallest absolute Gasteiger partial charge is 0.343 e. The fourth-order valence-electron chi connectivity index (χ4n) is 4.09. The number of fused-ring (bicyclic) bond motifs is 2. The summed E-state index contributed by atoms with van der Waals surface area (Å²) in [7, 11) is 0. The summed E-state index contributed by atoms with van der Waals surface area (Å²) in [5, 5.41) is 0.798. The van der Waals surface area contributed by atoms with Gasteiger partial charge in [-0.15, -0.1) is 0 Å². The number of esters is 1. The van der Waals surface area contributed by atoms with Gasteiger partial charge in [-0.25, -0.2) is 14.5 Å². The third-order valence-corrected chi connectivity index (χ3v) is 5.69. The number of hydrogen-bond acceptors (Lipinski definition) is 6. The second kappa shape index (κ2) is 8.44. The van der Waals surface area contributed by atoms with Gasteiger partial charge in [0.2, 0.25) is 0 Å². The van der Waals surface area contributed by atoms with E-state index in [0.29, 0.717) is 22.4 Å². The minimum absolute atomic E-state index is 0.235. The highest BCUT2D eigenvalue weighted by Gasteiger charge is 2.36. The van der Waals surface area contributed by atoms with Crippen LogP contribution in [0.2, 0.25) is 0 Å². The van der Waals surface area contributed by atoms with Crippen molar-refractivity contribution < 1.29 is 23.5 Å². The molecule has 0 N–H and O–H groups in total. The molecule has 0 saturated heterocycles. The lowest BCUT2D eigenvalue weighted by Gasteiger charge is -2.14. The number of nitrogens with zero attached hydrogens (tertiary/aromatic N) is 1. The van der Waals surface area contributed by atoms with Gasteiger partial charge < -0.3 is 9.15 Å². The van der Waals surface area contributed by atoms with Crippen molar-refractivity contribution in [2.24, 2.45) is 0 Å². The molecule has 34 heavy (non-hydrogen) atoms. The lowest BCUT2D eigenvalue weighted by atomic mass is 10.1. The normalized spacial score (nSPS) is 12.8. The lowest BCUT2D eigenvalue weighted by Crippen LogP contribution is -2.29. The molecule has 2 amide bonds. The Labute approximate surface area is 194 Å². The molecule has 3 aromatic carbocycles. The Balaban J connectivity index is 1.36. The number of hydrogen-bond donors (Lipinski definition) is 0. The van der Waals surface area contributed by atoms with Gasteiger partial charge in [0, 0.05) is 17.5 Å². The largest absolute Gasteiger partial charge is 0.423 e. The highest BCUT2D eigenvalue weighted by atomic mass is 16.5. The Hall–Kier alpha value is -4.52. The Kier molecular flexibility index (Phi) is 5.30. The summed E-state index contributed by atoms with van der Waals surface area (Å²) in [4.78, 5) is 50.9. The topological polar surface area (TPSA) is 93.9 Å². The molecular formula is C27H19NO6. The summed E-state index contributed by atoms with van der Waals surface area (Å²) in [6.07, 6.45) is 1.62. The first-order chi connectivity index (χ1) is 16.5. The highest BCUT2D eigenvalue weighted by molar-refractivity contribution is 6.34. The predicted octanol–water partition coefficient (Wildman–Crippen LogP) is 4.77. The maximum Gasteiger partial charge on any atom is 0.343 e. The van der Waals surface area contributed by atoms with E-state index >= 15 is 0 Å². The van der Waals surface area contributed by atoms with E-state index in [2.05, 4.69) is 0 Å². The predicted molar refractivity (Wildman–Crippen MR) is 125 cm³/mol. The zero-order valence-electron chi connectivity index (χ0n) is 18.2. The molecule has 0 bridgehead atoms. The number of rotatable bonds is 5. The van der Waals surface area contributed by atoms with E-state index in [0.717, 1.165) is 28.7 Å². The Morgan fingerprint density at radius 2 is 1.56 bits per heavy atom. The fraction of sp³-hybridized carbons (Fsp3) is 0.111. The van der Waals surface area contributed by atoms with Crippen LogP contribution >= 0.6 is 0 Å². The van der Waals surface area contributed by atoms with E-state index in [9.17, 15) is 19.2 Å². The summed E-state index contributed by atoms with van der Waals surface area (Å²) in [5.74, 6) is -1.20. The van der Waals surface area contributed by atoms with Crippen LogP contribution in [-0.4, -0.2) is 17.8 Å². The minimum atomic E-state index is -0.625. The van der Waals surface area contributed by atoms with Gasteiger partial charge in [0.25, 0.3) is 11.8 Å². The van der Waals surface area contributed by atoms with Crippen molar-refractivity contribution in [3.63, 3.8) is 0 Å². The zero-order valence-corrected chi connectivity index (χ0v) is 18.2. The highest BCUT2D eigenvalue weighted by Crippen LogP contribution is 2.29. The SMILES string of the molecule is CCCc1cc(=O)oc2cc(OC(=O)c3ccc(N4C(=O)c5ccccc5C4=O)cc3)ccc12. The molecule has 0 atom stereocenters. The average Bonchev–Trinajstić information content (AvgIpc) is 3.09. The number of imide groups is 1. The first-order valence-electron chi connectivity index (χ1n) is 10.8. The maximum absolute atomic E-state index is 12.7. The van der Waals surface area contributed by atoms with Gasteiger partial charge in [-0.3, -0.25) is 9.59 Å². The number of benzene rings is 3. The quantitative estimate of drug-likeness (QED) is 0.187. The van der Waals surface area contributed by atoms with Gasteiger partial charge >= 0.3 is 11.6 Å². The van der Waals surface area contributed by atoms with Gasteiger partial charge in [-0.05, 0) is 60.5 Å². The van der Waals surface area contributed by atoms with E-state index < -0.39 is 23.4 Å². The van der Waals surface area contributed by atoms with Gasteiger partial charge in [-0.1, -0.05) is 25.5 Å². The summed E-state index contributed by atoms with van der Waals surface area (Å²) >= 11 is 0. The van der Waals surface area contributed by atoms with E-state index in [1.807, 2.05) is 6.92 Å². The van der Waals surface area contributed by atoms with Crippen LogP contribution < -0.4 is 15.3 Å². The molecule has 5 rings (SSSR count). The first kappa shape index (κ1) is 21.3. The van der Waals surface area contributed by atoms with Gasteiger partial charge in [0.15, 0.2) is 0 Å². The summed E-state index contributed by atoms with van der Waals surface area (Å²) in [6.45, 7) is 2.02. The molecule has 2 heterocycles. The molecule has 1 aliphatic heterocycles. The number of carbonyl (C=O) groups excluding carboxylic acids is 3. The van der Waals surface area contributed by atoms with E-state index in [1.54, 1.807) is 36.4 Å². The van der Waals surface area contributed by atoms with E-state index in [-0.39, 0.29) is 11.3 Å². The van der Waals surface area contributed by atoms with Crippen LogP contribution in [0.4, 0.5) is 5.69 Å². The molecule has 0 saturated carbocycles. The first-order valence-corrected chi connectivity index (χ1v) is 10.8. The molecule has 0 spiro atoms. The van der Waals surface area contributed by atoms with Crippen molar-refractivity contribution >= 4 is 34.4 Å². The molecule has 1 aromatic heterocycles. The van der Waals surface area contributed by atoms with Gasteiger partial charge in [0.1, 0.15) is 11.3 Å². The van der Waals surface area contributed by atoms with Crippen LogP contribution in [0.25, 0.3) is 11.0 Å². The summed E-state index contributed by atoms with van der Waals surface area (Å²) in [6, 6.07) is 19.0.